The average molecular weight is 239 g/mol. The maximum Gasteiger partial charge on any atom is 0.326 e. The van der Waals surface area contributed by atoms with Gasteiger partial charge in [-0.3, -0.25) is 4.79 Å². The van der Waals surface area contributed by atoms with Gasteiger partial charge in [0.1, 0.15) is 11.9 Å². The number of hydrogen-bond donors (Lipinski definition) is 2. The molecule has 0 saturated heterocycles. The minimum atomic E-state index is -1.13. The normalized spacial score (nSPS) is 11.9. The third-order valence-corrected chi connectivity index (χ3v) is 2.28. The van der Waals surface area contributed by atoms with Crippen LogP contribution in [0.4, 0.5) is 4.39 Å². The predicted molar refractivity (Wildman–Crippen MR) is 60.0 cm³/mol. The number of carbonyl (C=O) groups is 2. The molecule has 92 valence electrons. The Hall–Kier alpha value is -1.91. The topological polar surface area (TPSA) is 66.4 Å². The fourth-order valence-corrected chi connectivity index (χ4v) is 1.40. The van der Waals surface area contributed by atoms with Crippen molar-refractivity contribution in [1.29, 1.82) is 0 Å². The Labute approximate surface area is 98.5 Å². The minimum Gasteiger partial charge on any atom is -0.480 e. The second kappa shape index (κ2) is 5.98. The zero-order valence-corrected chi connectivity index (χ0v) is 9.44. The van der Waals surface area contributed by atoms with Crippen LogP contribution in [0.1, 0.15) is 18.9 Å². The SMILES string of the molecule is CCC(=O)NC(Cc1cccc(F)c1)C(=O)O. The molecule has 0 aliphatic heterocycles. The number of halogens is 1. The van der Waals surface area contributed by atoms with Gasteiger partial charge in [0.05, 0.1) is 0 Å². The molecule has 4 nitrogen and oxygen atoms in total. The van der Waals surface area contributed by atoms with E-state index in [4.69, 9.17) is 5.11 Å². The van der Waals surface area contributed by atoms with Crippen LogP contribution >= 0.6 is 0 Å². The smallest absolute Gasteiger partial charge is 0.326 e. The van der Waals surface area contributed by atoms with Crippen LogP contribution in [0.5, 0.6) is 0 Å². The van der Waals surface area contributed by atoms with E-state index in [0.29, 0.717) is 5.56 Å². The van der Waals surface area contributed by atoms with E-state index in [1.54, 1.807) is 13.0 Å². The van der Waals surface area contributed by atoms with Crippen LogP contribution in [-0.2, 0) is 16.0 Å². The monoisotopic (exact) mass is 239 g/mol. The van der Waals surface area contributed by atoms with E-state index in [9.17, 15) is 14.0 Å². The second-order valence-corrected chi connectivity index (χ2v) is 3.65. The summed E-state index contributed by atoms with van der Waals surface area (Å²) in [4.78, 5) is 22.1. The lowest BCUT2D eigenvalue weighted by Gasteiger charge is -2.13. The van der Waals surface area contributed by atoms with Crippen LogP contribution in [0.15, 0.2) is 24.3 Å². The molecule has 0 aromatic heterocycles. The van der Waals surface area contributed by atoms with Crippen molar-refractivity contribution in [3.05, 3.63) is 35.6 Å². The second-order valence-electron chi connectivity index (χ2n) is 3.65. The first-order chi connectivity index (χ1) is 8.02. The van der Waals surface area contributed by atoms with Crippen LogP contribution in [0.25, 0.3) is 0 Å². The Bertz CT molecular complexity index is 420. The molecule has 0 radical (unpaired) electrons. The molecule has 0 aliphatic rings. The number of nitrogens with one attached hydrogen (secondary N) is 1. The molecule has 0 heterocycles. The van der Waals surface area contributed by atoms with Gasteiger partial charge in [-0.1, -0.05) is 19.1 Å². The Morgan fingerprint density at radius 1 is 1.47 bits per heavy atom. The molecule has 1 aromatic rings. The minimum absolute atomic E-state index is 0.0683. The number of carboxylic acid groups (broad SMARTS) is 1. The quantitative estimate of drug-likeness (QED) is 0.815. The van der Waals surface area contributed by atoms with Crippen molar-refractivity contribution in [2.24, 2.45) is 0 Å². The summed E-state index contributed by atoms with van der Waals surface area (Å²) in [6.45, 7) is 1.64. The van der Waals surface area contributed by atoms with Crippen molar-refractivity contribution < 1.29 is 19.1 Å². The van der Waals surface area contributed by atoms with Crippen molar-refractivity contribution in [3.8, 4) is 0 Å². The summed E-state index contributed by atoms with van der Waals surface area (Å²) in [5.74, 6) is -1.89. The van der Waals surface area contributed by atoms with E-state index < -0.39 is 17.8 Å². The molecule has 5 heteroatoms. The molecule has 1 aromatic carbocycles. The molecule has 0 bridgehead atoms. The first kappa shape index (κ1) is 13.2. The van der Waals surface area contributed by atoms with Crippen LogP contribution in [0, 0.1) is 5.82 Å². The number of hydrogen-bond acceptors (Lipinski definition) is 2. The molecule has 0 spiro atoms. The number of carbonyl (C=O) groups excluding carboxylic acids is 1. The van der Waals surface area contributed by atoms with Gasteiger partial charge in [-0.15, -0.1) is 0 Å². The number of amides is 1. The number of aliphatic carboxylic acids is 1. The molecule has 1 atom stereocenters. The summed E-state index contributed by atoms with van der Waals surface area (Å²) in [5.41, 5.74) is 0.536. The van der Waals surface area contributed by atoms with Gasteiger partial charge >= 0.3 is 5.97 Å². The highest BCUT2D eigenvalue weighted by molar-refractivity contribution is 5.83. The summed E-state index contributed by atoms with van der Waals surface area (Å²) in [6.07, 6.45) is 0.283. The third-order valence-electron chi connectivity index (χ3n) is 2.28. The molecular weight excluding hydrogens is 225 g/mol. The third kappa shape index (κ3) is 4.22. The van der Waals surface area contributed by atoms with Gasteiger partial charge < -0.3 is 10.4 Å². The van der Waals surface area contributed by atoms with Crippen molar-refractivity contribution >= 4 is 11.9 Å². The lowest BCUT2D eigenvalue weighted by molar-refractivity contribution is -0.141. The number of benzene rings is 1. The highest BCUT2D eigenvalue weighted by Gasteiger charge is 2.19. The van der Waals surface area contributed by atoms with E-state index in [1.807, 2.05) is 0 Å². The fourth-order valence-electron chi connectivity index (χ4n) is 1.40. The van der Waals surface area contributed by atoms with Crippen molar-refractivity contribution in [3.63, 3.8) is 0 Å². The van der Waals surface area contributed by atoms with Crippen LogP contribution < -0.4 is 5.32 Å². The largest absolute Gasteiger partial charge is 0.480 e. The van der Waals surface area contributed by atoms with E-state index in [1.165, 1.54) is 18.2 Å². The van der Waals surface area contributed by atoms with Gasteiger partial charge in [0, 0.05) is 12.8 Å². The van der Waals surface area contributed by atoms with E-state index in [-0.39, 0.29) is 18.7 Å². The van der Waals surface area contributed by atoms with E-state index in [0.717, 1.165) is 0 Å². The zero-order chi connectivity index (χ0) is 12.8. The van der Waals surface area contributed by atoms with Gasteiger partial charge in [-0.05, 0) is 17.7 Å². The number of carboxylic acids is 1. The van der Waals surface area contributed by atoms with Crippen LogP contribution in [-0.4, -0.2) is 23.0 Å². The van der Waals surface area contributed by atoms with Crippen molar-refractivity contribution in [2.45, 2.75) is 25.8 Å². The molecule has 17 heavy (non-hydrogen) atoms. The Morgan fingerprint density at radius 2 is 2.18 bits per heavy atom. The summed E-state index contributed by atoms with van der Waals surface area (Å²) >= 11 is 0. The lowest BCUT2D eigenvalue weighted by Crippen LogP contribution is -2.42. The van der Waals surface area contributed by atoms with Gasteiger partial charge in [0.2, 0.25) is 5.91 Å². The van der Waals surface area contributed by atoms with Crippen molar-refractivity contribution in [1.82, 2.24) is 5.32 Å². The number of rotatable bonds is 5. The van der Waals surface area contributed by atoms with E-state index in [2.05, 4.69) is 5.32 Å². The molecule has 1 rings (SSSR count). The highest BCUT2D eigenvalue weighted by Crippen LogP contribution is 2.07. The summed E-state index contributed by atoms with van der Waals surface area (Å²) in [5, 5.41) is 11.3. The van der Waals surface area contributed by atoms with Crippen molar-refractivity contribution in [2.75, 3.05) is 0 Å². The summed E-state index contributed by atoms with van der Waals surface area (Å²) in [7, 11) is 0. The van der Waals surface area contributed by atoms with Gasteiger partial charge in [-0.25, -0.2) is 9.18 Å². The highest BCUT2D eigenvalue weighted by atomic mass is 19.1. The summed E-state index contributed by atoms with van der Waals surface area (Å²) < 4.78 is 12.9. The molecule has 0 aliphatic carbocycles. The first-order valence-electron chi connectivity index (χ1n) is 5.29. The Balaban J connectivity index is 2.73. The molecule has 0 fully saturated rings. The predicted octanol–water partition coefficient (Wildman–Crippen LogP) is 1.35. The van der Waals surface area contributed by atoms with E-state index >= 15 is 0 Å². The molecule has 2 N–H and O–H groups in total. The molecule has 0 saturated carbocycles. The fraction of sp³-hybridized carbons (Fsp3) is 0.333. The maximum atomic E-state index is 12.9. The van der Waals surface area contributed by atoms with Gasteiger partial charge in [0.25, 0.3) is 0 Å². The summed E-state index contributed by atoms with van der Waals surface area (Å²) in [6, 6.07) is 4.64. The molecule has 1 unspecified atom stereocenters. The maximum absolute atomic E-state index is 12.9. The first-order valence-corrected chi connectivity index (χ1v) is 5.29. The lowest BCUT2D eigenvalue weighted by atomic mass is 10.1. The standard InChI is InChI=1S/C12H14FNO3/c1-2-11(15)14-10(12(16)17)7-8-4-3-5-9(13)6-8/h3-6,10H,2,7H2,1H3,(H,14,15)(H,16,17). The Kier molecular flexibility index (Phi) is 4.63. The van der Waals surface area contributed by atoms with Gasteiger partial charge in [0.15, 0.2) is 0 Å². The zero-order valence-electron chi connectivity index (χ0n) is 9.44. The van der Waals surface area contributed by atoms with Gasteiger partial charge in [-0.2, -0.15) is 0 Å². The van der Waals surface area contributed by atoms with Crippen LogP contribution in [0.2, 0.25) is 0 Å². The average Bonchev–Trinajstić information content (AvgIpc) is 2.27. The van der Waals surface area contributed by atoms with Crippen LogP contribution in [0.3, 0.4) is 0 Å². The molecular formula is C12H14FNO3. The molecule has 1 amide bonds. The Morgan fingerprint density at radius 3 is 2.71 bits per heavy atom.